The Balaban J connectivity index is 0.00000289. The molecule has 0 saturated carbocycles. The summed E-state index contributed by atoms with van der Waals surface area (Å²) >= 11 is 0. The molecule has 0 aromatic carbocycles. The molecule has 10 heteroatoms. The Morgan fingerprint density at radius 3 is 2.59 bits per heavy atom. The molecule has 32 heavy (non-hydrogen) atoms. The van der Waals surface area contributed by atoms with Crippen molar-refractivity contribution in [2.75, 3.05) is 39.3 Å². The van der Waals surface area contributed by atoms with Crippen LogP contribution in [0.1, 0.15) is 31.2 Å². The number of hydrogen-bond donors (Lipinski definition) is 1. The number of aromatic nitrogens is 3. The normalized spacial score (nSPS) is 19.1. The predicted molar refractivity (Wildman–Crippen MR) is 133 cm³/mol. The number of ether oxygens (including phenoxy) is 1. The number of hydrogen-bond acceptors (Lipinski definition) is 5. The first-order valence-corrected chi connectivity index (χ1v) is 11.0. The molecule has 2 aliphatic heterocycles. The van der Waals surface area contributed by atoms with Crippen LogP contribution in [0, 0.1) is 6.92 Å². The zero-order chi connectivity index (χ0) is 21.6. The van der Waals surface area contributed by atoms with Gasteiger partial charge in [-0.15, -0.1) is 24.0 Å². The predicted octanol–water partition coefficient (Wildman–Crippen LogP) is 1.98. The number of piperazine rings is 1. The van der Waals surface area contributed by atoms with Crippen LogP contribution in [-0.2, 0) is 16.1 Å². The smallest absolute Gasteiger partial charge is 0.251 e. The monoisotopic (exact) mass is 553 g/mol. The van der Waals surface area contributed by atoms with Crippen LogP contribution >= 0.6 is 24.0 Å². The third kappa shape index (κ3) is 5.77. The highest BCUT2D eigenvalue weighted by molar-refractivity contribution is 14.0. The zero-order valence-electron chi connectivity index (χ0n) is 18.7. The van der Waals surface area contributed by atoms with E-state index >= 15 is 0 Å². The molecule has 4 rings (SSSR count). The van der Waals surface area contributed by atoms with E-state index in [1.165, 1.54) is 0 Å². The van der Waals surface area contributed by atoms with E-state index in [0.717, 1.165) is 55.6 Å². The summed E-state index contributed by atoms with van der Waals surface area (Å²) in [6.45, 7) is 8.99. The lowest BCUT2D eigenvalue weighted by molar-refractivity contribution is -0.142. The van der Waals surface area contributed by atoms with Gasteiger partial charge in [-0.3, -0.25) is 9.36 Å². The fourth-order valence-electron chi connectivity index (χ4n) is 3.98. The minimum absolute atomic E-state index is 0. The van der Waals surface area contributed by atoms with Crippen LogP contribution < -0.4 is 5.32 Å². The summed E-state index contributed by atoms with van der Waals surface area (Å²) in [4.78, 5) is 30.3. The van der Waals surface area contributed by atoms with Gasteiger partial charge in [0.1, 0.15) is 17.7 Å². The van der Waals surface area contributed by atoms with Crippen LogP contribution in [0.4, 0.5) is 0 Å². The number of rotatable bonds is 5. The molecule has 0 radical (unpaired) electrons. The lowest BCUT2D eigenvalue weighted by Crippen LogP contribution is -2.55. The van der Waals surface area contributed by atoms with Crippen LogP contribution in [0.25, 0.3) is 5.82 Å². The molecule has 174 valence electrons. The molecule has 1 N–H and O–H groups in total. The van der Waals surface area contributed by atoms with Gasteiger partial charge < -0.3 is 19.9 Å². The number of aliphatic imine (C=N–C) groups is 1. The van der Waals surface area contributed by atoms with Gasteiger partial charge in [-0.05, 0) is 38.3 Å². The van der Waals surface area contributed by atoms with Gasteiger partial charge in [0, 0.05) is 57.9 Å². The third-order valence-corrected chi connectivity index (χ3v) is 5.72. The molecule has 0 spiro atoms. The SMILES string of the molecule is CCNC(=NCc1ccc(-n2ccnc2C)nc1)N1CCN(C(=O)C2CCCO2)CC1.I. The molecule has 2 aromatic heterocycles. The fourth-order valence-corrected chi connectivity index (χ4v) is 3.98. The summed E-state index contributed by atoms with van der Waals surface area (Å²) in [5, 5.41) is 3.38. The van der Waals surface area contributed by atoms with Crippen LogP contribution in [0.15, 0.2) is 35.7 Å². The second kappa shape index (κ2) is 11.6. The van der Waals surface area contributed by atoms with Crippen molar-refractivity contribution in [2.45, 2.75) is 39.3 Å². The number of carbonyl (C=O) groups excluding carboxylic acids is 1. The van der Waals surface area contributed by atoms with Crippen molar-refractivity contribution >= 4 is 35.8 Å². The maximum atomic E-state index is 12.6. The number of nitrogens with one attached hydrogen (secondary N) is 1. The van der Waals surface area contributed by atoms with Crippen molar-refractivity contribution in [2.24, 2.45) is 4.99 Å². The van der Waals surface area contributed by atoms with Crippen molar-refractivity contribution in [1.82, 2.24) is 29.7 Å². The quantitative estimate of drug-likeness (QED) is 0.346. The highest BCUT2D eigenvalue weighted by atomic mass is 127. The number of carbonyl (C=O) groups is 1. The molecule has 1 unspecified atom stereocenters. The average Bonchev–Trinajstić information content (AvgIpc) is 3.49. The summed E-state index contributed by atoms with van der Waals surface area (Å²) in [6.07, 6.45) is 7.12. The van der Waals surface area contributed by atoms with Crippen molar-refractivity contribution in [3.63, 3.8) is 0 Å². The Labute approximate surface area is 206 Å². The van der Waals surface area contributed by atoms with E-state index < -0.39 is 0 Å². The Bertz CT molecular complexity index is 901. The van der Waals surface area contributed by atoms with E-state index in [0.29, 0.717) is 26.2 Å². The van der Waals surface area contributed by atoms with Crippen LogP contribution in [-0.4, -0.2) is 81.6 Å². The zero-order valence-corrected chi connectivity index (χ0v) is 21.1. The second-order valence-corrected chi connectivity index (χ2v) is 7.85. The van der Waals surface area contributed by atoms with Gasteiger partial charge >= 0.3 is 0 Å². The number of pyridine rings is 1. The summed E-state index contributed by atoms with van der Waals surface area (Å²) in [7, 11) is 0. The lowest BCUT2D eigenvalue weighted by Gasteiger charge is -2.37. The topological polar surface area (TPSA) is 87.9 Å². The standard InChI is InChI=1S/C22H31N7O2.HI/c1-3-23-22(28-12-10-27(11-13-28)21(30)19-5-4-14-31-19)26-16-18-6-7-20(25-15-18)29-9-8-24-17(29)2;/h6-9,15,19H,3-5,10-14,16H2,1-2H3,(H,23,26);1H. The van der Waals surface area contributed by atoms with E-state index in [1.807, 2.05) is 40.9 Å². The highest BCUT2D eigenvalue weighted by Crippen LogP contribution is 2.16. The van der Waals surface area contributed by atoms with E-state index in [2.05, 4.69) is 27.1 Å². The lowest BCUT2D eigenvalue weighted by atomic mass is 10.2. The molecule has 4 heterocycles. The summed E-state index contributed by atoms with van der Waals surface area (Å²) in [6, 6.07) is 4.04. The maximum absolute atomic E-state index is 12.6. The minimum atomic E-state index is -0.241. The van der Waals surface area contributed by atoms with Crippen LogP contribution in [0.3, 0.4) is 0 Å². The molecular weight excluding hydrogens is 521 g/mol. The van der Waals surface area contributed by atoms with Crippen molar-refractivity contribution in [3.8, 4) is 5.82 Å². The molecular formula is C22H32IN7O2. The molecule has 2 fully saturated rings. The highest BCUT2D eigenvalue weighted by Gasteiger charge is 2.30. The molecule has 9 nitrogen and oxygen atoms in total. The number of guanidine groups is 1. The number of amides is 1. The number of aryl methyl sites for hydroxylation is 1. The van der Waals surface area contributed by atoms with Crippen LogP contribution in [0.5, 0.6) is 0 Å². The van der Waals surface area contributed by atoms with Gasteiger partial charge in [0.15, 0.2) is 5.96 Å². The fraction of sp³-hybridized carbons (Fsp3) is 0.545. The first kappa shape index (κ1) is 24.4. The van der Waals surface area contributed by atoms with E-state index in [9.17, 15) is 4.79 Å². The Kier molecular flexibility index (Phi) is 8.85. The molecule has 2 saturated heterocycles. The maximum Gasteiger partial charge on any atom is 0.251 e. The Morgan fingerprint density at radius 1 is 1.22 bits per heavy atom. The number of imidazole rings is 1. The third-order valence-electron chi connectivity index (χ3n) is 5.72. The van der Waals surface area contributed by atoms with E-state index in [4.69, 9.17) is 9.73 Å². The number of nitrogens with zero attached hydrogens (tertiary/aromatic N) is 6. The van der Waals surface area contributed by atoms with Gasteiger partial charge in [-0.2, -0.15) is 0 Å². The van der Waals surface area contributed by atoms with Gasteiger partial charge in [0.25, 0.3) is 5.91 Å². The summed E-state index contributed by atoms with van der Waals surface area (Å²) in [5.41, 5.74) is 1.05. The molecule has 2 aliphatic rings. The molecule has 0 aliphatic carbocycles. The molecule has 1 atom stereocenters. The first-order chi connectivity index (χ1) is 15.2. The molecule has 0 bridgehead atoms. The molecule has 1 amide bonds. The van der Waals surface area contributed by atoms with Crippen LogP contribution in [0.2, 0.25) is 0 Å². The average molecular weight is 553 g/mol. The Hall–Kier alpha value is -2.21. The van der Waals surface area contributed by atoms with Crippen molar-refractivity contribution in [1.29, 1.82) is 0 Å². The summed E-state index contributed by atoms with van der Waals surface area (Å²) < 4.78 is 7.51. The van der Waals surface area contributed by atoms with Crippen molar-refractivity contribution in [3.05, 3.63) is 42.1 Å². The largest absolute Gasteiger partial charge is 0.368 e. The molecule has 2 aromatic rings. The van der Waals surface area contributed by atoms with Crippen molar-refractivity contribution < 1.29 is 9.53 Å². The van der Waals surface area contributed by atoms with E-state index in [-0.39, 0.29) is 36.0 Å². The minimum Gasteiger partial charge on any atom is -0.368 e. The van der Waals surface area contributed by atoms with Gasteiger partial charge in [-0.25, -0.2) is 15.0 Å². The van der Waals surface area contributed by atoms with Gasteiger partial charge in [0.05, 0.1) is 6.54 Å². The number of halogens is 1. The Morgan fingerprint density at radius 2 is 2.00 bits per heavy atom. The second-order valence-electron chi connectivity index (χ2n) is 7.85. The van der Waals surface area contributed by atoms with E-state index in [1.54, 1.807) is 6.20 Å². The summed E-state index contributed by atoms with van der Waals surface area (Å²) in [5.74, 6) is 2.77. The van der Waals surface area contributed by atoms with Gasteiger partial charge in [0.2, 0.25) is 0 Å². The van der Waals surface area contributed by atoms with Gasteiger partial charge in [-0.1, -0.05) is 6.07 Å². The first-order valence-electron chi connectivity index (χ1n) is 11.0.